The van der Waals surface area contributed by atoms with Crippen LogP contribution in [0.3, 0.4) is 0 Å². The van der Waals surface area contributed by atoms with Gasteiger partial charge in [-0.15, -0.1) is 0 Å². The summed E-state index contributed by atoms with van der Waals surface area (Å²) in [7, 11) is 0. The molecule has 184 valence electrons. The van der Waals surface area contributed by atoms with Crippen molar-refractivity contribution in [2.75, 3.05) is 0 Å². The van der Waals surface area contributed by atoms with Crippen LogP contribution in [0.15, 0.2) is 0 Å². The zero-order valence-corrected chi connectivity index (χ0v) is 19.7. The van der Waals surface area contributed by atoms with Crippen molar-refractivity contribution in [3.05, 3.63) is 0 Å². The third-order valence-corrected chi connectivity index (χ3v) is 4.69. The summed E-state index contributed by atoms with van der Waals surface area (Å²) in [5.74, 6) is -5.04. The monoisotopic (exact) mass is 458 g/mol. The highest BCUT2D eigenvalue weighted by Gasteiger charge is 2.32. The van der Waals surface area contributed by atoms with Gasteiger partial charge in [0.2, 0.25) is 17.7 Å². The average molecular weight is 459 g/mol. The lowest BCUT2D eigenvalue weighted by Crippen LogP contribution is -2.58. The summed E-state index contributed by atoms with van der Waals surface area (Å²) >= 11 is 0. The first-order valence-corrected chi connectivity index (χ1v) is 10.8. The molecular weight excluding hydrogens is 420 g/mol. The molecule has 11 nitrogen and oxygen atoms in total. The number of hydrogen-bond donors (Lipinski definition) is 6. The molecular formula is C21H38N4O7. The number of carboxylic acid groups (broad SMARTS) is 2. The van der Waals surface area contributed by atoms with E-state index in [2.05, 4.69) is 16.0 Å². The maximum atomic E-state index is 12.8. The highest BCUT2D eigenvalue weighted by molar-refractivity contribution is 5.95. The summed E-state index contributed by atoms with van der Waals surface area (Å²) in [6, 6.07) is -4.63. The zero-order valence-electron chi connectivity index (χ0n) is 19.7. The van der Waals surface area contributed by atoms with Crippen LogP contribution in [0.5, 0.6) is 0 Å². The maximum absolute atomic E-state index is 12.8. The number of carbonyl (C=O) groups is 5. The SMILES string of the molecule is CC(C)CC(NC(=O)C(CC(C)C)NC(=O)C(CC(=O)O)NC(=O)C(N)C(C)C)C(=O)O. The molecule has 4 atom stereocenters. The minimum absolute atomic E-state index is 0.00913. The van der Waals surface area contributed by atoms with Crippen LogP contribution in [0.1, 0.15) is 60.8 Å². The van der Waals surface area contributed by atoms with Gasteiger partial charge >= 0.3 is 11.9 Å². The molecule has 0 bridgehead atoms. The molecule has 0 fully saturated rings. The average Bonchev–Trinajstić information content (AvgIpc) is 2.64. The Hall–Kier alpha value is -2.69. The molecule has 11 heteroatoms. The second kappa shape index (κ2) is 13.7. The van der Waals surface area contributed by atoms with Gasteiger partial charge in [0.25, 0.3) is 0 Å². The minimum atomic E-state index is -1.45. The molecule has 0 saturated heterocycles. The molecule has 0 saturated carbocycles. The standard InChI is InChI=1S/C21H38N4O7/c1-10(2)7-13(18(28)25-15(21(31)32)8-11(3)4)23-19(29)14(9-16(26)27)24-20(30)17(22)12(5)6/h10-15,17H,7-9,22H2,1-6H3,(H,23,29)(H,24,30)(H,25,28)(H,26,27)(H,31,32). The van der Waals surface area contributed by atoms with E-state index in [1.54, 1.807) is 13.8 Å². The van der Waals surface area contributed by atoms with Crippen molar-refractivity contribution in [2.24, 2.45) is 23.5 Å². The third-order valence-electron chi connectivity index (χ3n) is 4.69. The van der Waals surface area contributed by atoms with E-state index in [9.17, 15) is 29.1 Å². The van der Waals surface area contributed by atoms with Crippen molar-refractivity contribution in [2.45, 2.75) is 85.0 Å². The van der Waals surface area contributed by atoms with Crippen LogP contribution in [-0.4, -0.2) is 64.0 Å². The Balaban J connectivity index is 5.54. The first-order chi connectivity index (χ1) is 14.6. The van der Waals surface area contributed by atoms with Gasteiger partial charge in [-0.1, -0.05) is 41.5 Å². The maximum Gasteiger partial charge on any atom is 0.326 e. The van der Waals surface area contributed by atoms with Gasteiger partial charge in [-0.25, -0.2) is 4.79 Å². The highest BCUT2D eigenvalue weighted by atomic mass is 16.4. The van der Waals surface area contributed by atoms with E-state index in [1.807, 2.05) is 27.7 Å². The first-order valence-electron chi connectivity index (χ1n) is 10.8. The van der Waals surface area contributed by atoms with Crippen LogP contribution >= 0.6 is 0 Å². The lowest BCUT2D eigenvalue weighted by molar-refractivity contribution is -0.143. The molecule has 0 aliphatic carbocycles. The summed E-state index contributed by atoms with van der Waals surface area (Å²) in [6.45, 7) is 10.7. The van der Waals surface area contributed by atoms with Crippen molar-refractivity contribution in [3.63, 3.8) is 0 Å². The molecule has 0 heterocycles. The molecule has 32 heavy (non-hydrogen) atoms. The van der Waals surface area contributed by atoms with Crippen LogP contribution in [0.4, 0.5) is 0 Å². The van der Waals surface area contributed by atoms with E-state index in [1.165, 1.54) is 0 Å². The second-order valence-electron chi connectivity index (χ2n) is 9.15. The van der Waals surface area contributed by atoms with Gasteiger partial charge in [-0.05, 0) is 30.6 Å². The molecule has 0 aromatic carbocycles. The Morgan fingerprint density at radius 1 is 0.688 bits per heavy atom. The van der Waals surface area contributed by atoms with E-state index < -0.39 is 60.2 Å². The fourth-order valence-corrected chi connectivity index (χ4v) is 2.90. The molecule has 0 aliphatic rings. The van der Waals surface area contributed by atoms with Crippen molar-refractivity contribution in [1.82, 2.24) is 16.0 Å². The summed E-state index contributed by atoms with van der Waals surface area (Å²) in [5, 5.41) is 25.7. The lowest BCUT2D eigenvalue weighted by atomic mass is 10.00. The molecule has 4 unspecified atom stereocenters. The second-order valence-corrected chi connectivity index (χ2v) is 9.15. The Bertz CT molecular complexity index is 679. The van der Waals surface area contributed by atoms with E-state index in [4.69, 9.17) is 10.8 Å². The predicted octanol–water partition coefficient (Wildman–Crippen LogP) is 0.0756. The van der Waals surface area contributed by atoms with Gasteiger partial charge < -0.3 is 31.9 Å². The van der Waals surface area contributed by atoms with Crippen LogP contribution in [-0.2, 0) is 24.0 Å². The van der Waals surface area contributed by atoms with Crippen molar-refractivity contribution in [1.29, 1.82) is 0 Å². The number of carboxylic acids is 2. The Labute approximate surface area is 188 Å². The molecule has 3 amide bonds. The molecule has 0 aliphatic heterocycles. The number of nitrogens with one attached hydrogen (secondary N) is 3. The van der Waals surface area contributed by atoms with E-state index in [0.717, 1.165) is 0 Å². The number of amides is 3. The van der Waals surface area contributed by atoms with Gasteiger partial charge in [0.05, 0.1) is 12.5 Å². The molecule has 0 rings (SSSR count). The first kappa shape index (κ1) is 29.3. The van der Waals surface area contributed by atoms with Gasteiger partial charge in [-0.2, -0.15) is 0 Å². The molecule has 0 aromatic rings. The number of rotatable bonds is 14. The topological polar surface area (TPSA) is 188 Å². The third kappa shape index (κ3) is 11.1. The van der Waals surface area contributed by atoms with Crippen LogP contribution in [0.2, 0.25) is 0 Å². The summed E-state index contributed by atoms with van der Waals surface area (Å²) in [4.78, 5) is 60.5. The molecule has 7 N–H and O–H groups in total. The lowest BCUT2D eigenvalue weighted by Gasteiger charge is -2.26. The quantitative estimate of drug-likeness (QED) is 0.211. The molecule has 0 aromatic heterocycles. The number of aliphatic carboxylic acids is 2. The number of hydrogen-bond acceptors (Lipinski definition) is 6. The highest BCUT2D eigenvalue weighted by Crippen LogP contribution is 2.10. The van der Waals surface area contributed by atoms with Crippen molar-refractivity contribution in [3.8, 4) is 0 Å². The van der Waals surface area contributed by atoms with E-state index >= 15 is 0 Å². The Morgan fingerprint density at radius 2 is 1.09 bits per heavy atom. The predicted molar refractivity (Wildman–Crippen MR) is 117 cm³/mol. The molecule has 0 spiro atoms. The number of carbonyl (C=O) groups excluding carboxylic acids is 3. The summed E-state index contributed by atoms with van der Waals surface area (Å²) in [6.07, 6.45) is -0.317. The van der Waals surface area contributed by atoms with Crippen LogP contribution < -0.4 is 21.7 Å². The van der Waals surface area contributed by atoms with E-state index in [0.29, 0.717) is 0 Å². The fourth-order valence-electron chi connectivity index (χ4n) is 2.90. The summed E-state index contributed by atoms with van der Waals surface area (Å²) in [5.41, 5.74) is 5.77. The van der Waals surface area contributed by atoms with E-state index in [-0.39, 0.29) is 30.6 Å². The van der Waals surface area contributed by atoms with Crippen molar-refractivity contribution >= 4 is 29.7 Å². The van der Waals surface area contributed by atoms with Crippen LogP contribution in [0.25, 0.3) is 0 Å². The van der Waals surface area contributed by atoms with Crippen molar-refractivity contribution < 1.29 is 34.2 Å². The largest absolute Gasteiger partial charge is 0.481 e. The minimum Gasteiger partial charge on any atom is -0.481 e. The van der Waals surface area contributed by atoms with Gasteiger partial charge in [0.15, 0.2) is 0 Å². The smallest absolute Gasteiger partial charge is 0.326 e. The molecule has 0 radical (unpaired) electrons. The fraction of sp³-hybridized carbons (Fsp3) is 0.762. The van der Waals surface area contributed by atoms with Gasteiger partial charge in [0.1, 0.15) is 18.1 Å². The zero-order chi connectivity index (χ0) is 25.2. The van der Waals surface area contributed by atoms with Gasteiger partial charge in [0, 0.05) is 0 Å². The Kier molecular flexibility index (Phi) is 12.5. The van der Waals surface area contributed by atoms with Gasteiger partial charge in [-0.3, -0.25) is 19.2 Å². The van der Waals surface area contributed by atoms with Crippen LogP contribution in [0, 0.1) is 17.8 Å². The number of nitrogens with two attached hydrogens (primary N) is 1. The Morgan fingerprint density at radius 3 is 1.50 bits per heavy atom. The normalized spacial score (nSPS) is 15.1. The summed E-state index contributed by atoms with van der Waals surface area (Å²) < 4.78 is 0.